The Morgan fingerprint density at radius 2 is 1.86 bits per heavy atom. The summed E-state index contributed by atoms with van der Waals surface area (Å²) in [5.74, 6) is 2.52. The molecule has 0 aliphatic heterocycles. The molecule has 0 heterocycles. The molecule has 0 radical (unpaired) electrons. The molecule has 2 rings (SSSR count). The molecular weight excluding hydrogens is 284 g/mol. The molecule has 0 saturated carbocycles. The number of aryl methyl sites for hydroxylation is 1. The largest absolute Gasteiger partial charge is 0.493 e. The van der Waals surface area contributed by atoms with E-state index >= 15 is 0 Å². The van der Waals surface area contributed by atoms with E-state index in [2.05, 4.69) is 39.0 Å². The first-order valence-electron chi connectivity index (χ1n) is 7.57. The Kier molecular flexibility index (Phi) is 5.75. The average Bonchev–Trinajstić information content (AvgIpc) is 2.49. The Bertz CT molecular complexity index is 593. The van der Waals surface area contributed by atoms with Crippen molar-refractivity contribution in [3.05, 3.63) is 35.9 Å². The van der Waals surface area contributed by atoms with E-state index in [9.17, 15) is 0 Å². The molecule has 0 amide bonds. The quantitative estimate of drug-likeness (QED) is 0.517. The van der Waals surface area contributed by atoms with Crippen LogP contribution in [0.1, 0.15) is 32.8 Å². The van der Waals surface area contributed by atoms with Gasteiger partial charge in [-0.2, -0.15) is 0 Å². The van der Waals surface area contributed by atoms with Gasteiger partial charge in [-0.15, -0.1) is 11.6 Å². The summed E-state index contributed by atoms with van der Waals surface area (Å²) < 4.78 is 12.0. The fraction of sp³-hybridized carbons (Fsp3) is 0.444. The number of hydrogen-bond donors (Lipinski definition) is 0. The number of fused-ring (bicyclic) bond motifs is 1. The zero-order chi connectivity index (χ0) is 15.2. The number of halogens is 1. The molecule has 0 saturated heterocycles. The monoisotopic (exact) mass is 306 g/mol. The fourth-order valence-corrected chi connectivity index (χ4v) is 2.47. The zero-order valence-corrected chi connectivity index (χ0v) is 13.7. The molecule has 0 aromatic heterocycles. The van der Waals surface area contributed by atoms with Crippen LogP contribution in [0.25, 0.3) is 10.8 Å². The highest BCUT2D eigenvalue weighted by Gasteiger charge is 2.14. The summed E-state index contributed by atoms with van der Waals surface area (Å²) in [7, 11) is 0. The second-order valence-electron chi connectivity index (χ2n) is 5.32. The van der Waals surface area contributed by atoms with Crippen LogP contribution in [0, 0.1) is 0 Å². The van der Waals surface area contributed by atoms with Crippen LogP contribution in [-0.4, -0.2) is 18.6 Å². The Morgan fingerprint density at radius 3 is 2.48 bits per heavy atom. The smallest absolute Gasteiger partial charge is 0.130 e. The van der Waals surface area contributed by atoms with Crippen LogP contribution in [-0.2, 0) is 6.42 Å². The van der Waals surface area contributed by atoms with Crippen molar-refractivity contribution in [2.75, 3.05) is 12.5 Å². The molecule has 3 heteroatoms. The Hall–Kier alpha value is -1.41. The van der Waals surface area contributed by atoms with Crippen LogP contribution in [0.3, 0.4) is 0 Å². The van der Waals surface area contributed by atoms with Crippen molar-refractivity contribution >= 4 is 22.4 Å². The molecule has 0 aliphatic rings. The lowest BCUT2D eigenvalue weighted by molar-refractivity contribution is 0.242. The molecule has 0 bridgehead atoms. The zero-order valence-electron chi connectivity index (χ0n) is 13.0. The number of benzene rings is 2. The number of alkyl halides is 1. The van der Waals surface area contributed by atoms with Gasteiger partial charge in [-0.05, 0) is 38.3 Å². The van der Waals surface area contributed by atoms with Crippen molar-refractivity contribution in [3.8, 4) is 11.5 Å². The van der Waals surface area contributed by atoms with Crippen LogP contribution in [0.2, 0.25) is 0 Å². The lowest BCUT2D eigenvalue weighted by Gasteiger charge is -2.19. The minimum absolute atomic E-state index is 0.154. The lowest BCUT2D eigenvalue weighted by Crippen LogP contribution is -2.08. The standard InChI is InChI=1S/C18H23ClO2/c1-4-14-12-17(20-11-7-10-19)15-8-5-6-9-16(15)18(14)21-13(2)3/h5-6,8-9,12-13H,4,7,10-11H2,1-3H3. The van der Waals surface area contributed by atoms with E-state index in [0.717, 1.165) is 35.1 Å². The Morgan fingerprint density at radius 1 is 1.14 bits per heavy atom. The molecule has 0 spiro atoms. The summed E-state index contributed by atoms with van der Waals surface area (Å²) in [6, 6.07) is 10.4. The highest BCUT2D eigenvalue weighted by atomic mass is 35.5. The van der Waals surface area contributed by atoms with Gasteiger partial charge in [0.15, 0.2) is 0 Å². The van der Waals surface area contributed by atoms with Gasteiger partial charge in [0.1, 0.15) is 11.5 Å². The highest BCUT2D eigenvalue weighted by molar-refractivity contribution is 6.17. The van der Waals surface area contributed by atoms with Crippen LogP contribution in [0.4, 0.5) is 0 Å². The van der Waals surface area contributed by atoms with Gasteiger partial charge in [-0.3, -0.25) is 0 Å². The van der Waals surface area contributed by atoms with E-state index in [0.29, 0.717) is 12.5 Å². The van der Waals surface area contributed by atoms with E-state index < -0.39 is 0 Å². The summed E-state index contributed by atoms with van der Waals surface area (Å²) in [4.78, 5) is 0. The predicted octanol–water partition coefficient (Wildman–Crippen LogP) is 5.20. The first-order chi connectivity index (χ1) is 10.2. The third-order valence-electron chi connectivity index (χ3n) is 3.30. The molecule has 0 N–H and O–H groups in total. The summed E-state index contributed by atoms with van der Waals surface area (Å²) in [6.07, 6.45) is 1.92. The molecule has 2 aromatic rings. The predicted molar refractivity (Wildman–Crippen MR) is 89.9 cm³/mol. The third-order valence-corrected chi connectivity index (χ3v) is 3.57. The van der Waals surface area contributed by atoms with Gasteiger partial charge < -0.3 is 9.47 Å². The molecule has 21 heavy (non-hydrogen) atoms. The van der Waals surface area contributed by atoms with Gasteiger partial charge in [0, 0.05) is 16.7 Å². The summed E-state index contributed by atoms with van der Waals surface area (Å²) >= 11 is 5.73. The second-order valence-corrected chi connectivity index (χ2v) is 5.70. The Balaban J connectivity index is 2.50. The van der Waals surface area contributed by atoms with Crippen molar-refractivity contribution < 1.29 is 9.47 Å². The fourth-order valence-electron chi connectivity index (χ4n) is 2.36. The van der Waals surface area contributed by atoms with E-state index in [4.69, 9.17) is 21.1 Å². The normalized spacial score (nSPS) is 11.1. The average molecular weight is 307 g/mol. The summed E-state index contributed by atoms with van der Waals surface area (Å²) in [5.41, 5.74) is 1.18. The molecule has 0 unspecified atom stereocenters. The van der Waals surface area contributed by atoms with Crippen molar-refractivity contribution in [2.24, 2.45) is 0 Å². The third kappa shape index (κ3) is 3.82. The number of hydrogen-bond acceptors (Lipinski definition) is 2. The molecular formula is C18H23ClO2. The topological polar surface area (TPSA) is 18.5 Å². The van der Waals surface area contributed by atoms with Gasteiger partial charge in [0.05, 0.1) is 12.7 Å². The van der Waals surface area contributed by atoms with E-state index in [-0.39, 0.29) is 6.10 Å². The second kappa shape index (κ2) is 7.56. The van der Waals surface area contributed by atoms with E-state index in [1.807, 2.05) is 12.1 Å². The van der Waals surface area contributed by atoms with Gasteiger partial charge in [-0.1, -0.05) is 31.2 Å². The summed E-state index contributed by atoms with van der Waals surface area (Å²) in [5, 5.41) is 2.21. The SMILES string of the molecule is CCc1cc(OCCCCl)c2ccccc2c1OC(C)C. The minimum Gasteiger partial charge on any atom is -0.493 e. The molecule has 114 valence electrons. The first kappa shape index (κ1) is 16.0. The van der Waals surface area contributed by atoms with E-state index in [1.54, 1.807) is 0 Å². The van der Waals surface area contributed by atoms with Gasteiger partial charge in [0.25, 0.3) is 0 Å². The van der Waals surface area contributed by atoms with Crippen molar-refractivity contribution in [3.63, 3.8) is 0 Å². The molecule has 0 aliphatic carbocycles. The van der Waals surface area contributed by atoms with Crippen molar-refractivity contribution in [1.29, 1.82) is 0 Å². The van der Waals surface area contributed by atoms with Crippen LogP contribution in [0.15, 0.2) is 30.3 Å². The maximum absolute atomic E-state index is 6.05. The molecule has 0 fully saturated rings. The highest BCUT2D eigenvalue weighted by Crippen LogP contribution is 2.37. The maximum atomic E-state index is 6.05. The van der Waals surface area contributed by atoms with Gasteiger partial charge >= 0.3 is 0 Å². The van der Waals surface area contributed by atoms with E-state index in [1.165, 1.54) is 5.56 Å². The minimum atomic E-state index is 0.154. The molecule has 2 nitrogen and oxygen atoms in total. The van der Waals surface area contributed by atoms with Gasteiger partial charge in [-0.25, -0.2) is 0 Å². The van der Waals surface area contributed by atoms with Crippen LogP contribution >= 0.6 is 11.6 Å². The summed E-state index contributed by atoms with van der Waals surface area (Å²) in [6.45, 7) is 6.89. The Labute approximate surface area is 132 Å². The lowest BCUT2D eigenvalue weighted by atomic mass is 10.0. The van der Waals surface area contributed by atoms with Crippen molar-refractivity contribution in [1.82, 2.24) is 0 Å². The number of rotatable bonds is 7. The molecule has 0 atom stereocenters. The number of ether oxygens (including phenoxy) is 2. The van der Waals surface area contributed by atoms with Gasteiger partial charge in [0.2, 0.25) is 0 Å². The van der Waals surface area contributed by atoms with Crippen LogP contribution in [0.5, 0.6) is 11.5 Å². The maximum Gasteiger partial charge on any atom is 0.130 e. The first-order valence-corrected chi connectivity index (χ1v) is 8.10. The molecule has 2 aromatic carbocycles. The van der Waals surface area contributed by atoms with Crippen molar-refractivity contribution in [2.45, 2.75) is 39.7 Å². The van der Waals surface area contributed by atoms with Crippen LogP contribution < -0.4 is 9.47 Å².